The van der Waals surface area contributed by atoms with E-state index < -0.39 is 5.41 Å². The SMILES string of the molecule is CC(C)(C)c1ccc(N2c3cc(N4c5ccccc5C5(C)CCCCC45C)cc4c3B3c5c2cccc5C(c2ccccc2)(c2ccccc2)c2cccc(c23)N4c2cc(C(C)(C)C)cc(C(C)(C)C)c2)cc1. The molecule has 73 heavy (non-hydrogen) atoms. The van der Waals surface area contributed by atoms with Gasteiger partial charge in [0.1, 0.15) is 0 Å². The molecule has 2 unspecified atom stereocenters. The standard InChI is InChI=1S/C69H70BN3/c1-64(2,3)45-34-36-50(37-35-45)71-57-32-22-29-54-61(57)70-62-55(69(54,46-24-14-12-15-25-46)47-26-16-13-17-27-47)30-23-33-58(62)72(51-41-48(65(4,5)6)40-49(42-51)66(7,8)9)60-44-52(43-59(71)63(60)70)73-56-31-19-18-28-53(56)67(10)38-20-21-39-68(67,73)11/h12-19,22-37,40-44H,20-21,38-39H2,1-11H3. The second-order valence-corrected chi connectivity index (χ2v) is 25.7. The topological polar surface area (TPSA) is 9.72 Å². The monoisotopic (exact) mass is 952 g/mol. The molecule has 0 bridgehead atoms. The molecule has 4 heteroatoms. The summed E-state index contributed by atoms with van der Waals surface area (Å²) in [5.74, 6) is 0. The number of hydrogen-bond acceptors (Lipinski definition) is 3. The van der Waals surface area contributed by atoms with Crippen molar-refractivity contribution < 1.29 is 0 Å². The van der Waals surface area contributed by atoms with Crippen LogP contribution >= 0.6 is 0 Å². The average molecular weight is 952 g/mol. The summed E-state index contributed by atoms with van der Waals surface area (Å²) in [6, 6.07) is 69.0. The minimum Gasteiger partial charge on any atom is -0.334 e. The Morgan fingerprint density at radius 2 is 0.849 bits per heavy atom. The van der Waals surface area contributed by atoms with Gasteiger partial charge in [-0.05, 0) is 152 Å². The van der Waals surface area contributed by atoms with Crippen LogP contribution in [0, 0.1) is 0 Å². The average Bonchev–Trinajstić information content (AvgIpc) is 3.59. The molecule has 3 nitrogen and oxygen atoms in total. The van der Waals surface area contributed by atoms with E-state index in [1.54, 1.807) is 0 Å². The van der Waals surface area contributed by atoms with Crippen molar-refractivity contribution in [2.75, 3.05) is 14.7 Å². The lowest BCUT2D eigenvalue weighted by atomic mass is 9.28. The number of hydrogen-bond donors (Lipinski definition) is 0. The largest absolute Gasteiger partial charge is 0.334 e. The Morgan fingerprint density at radius 3 is 1.38 bits per heavy atom. The third kappa shape index (κ3) is 6.38. The first-order valence-electron chi connectivity index (χ1n) is 27.2. The summed E-state index contributed by atoms with van der Waals surface area (Å²) < 4.78 is 0. The summed E-state index contributed by atoms with van der Waals surface area (Å²) in [7, 11) is 0. The number of benzene rings is 8. The first kappa shape index (κ1) is 46.0. The van der Waals surface area contributed by atoms with E-state index in [9.17, 15) is 0 Å². The molecule has 5 aliphatic rings. The van der Waals surface area contributed by atoms with Crippen LogP contribution in [0.25, 0.3) is 0 Å². The van der Waals surface area contributed by atoms with E-state index in [2.05, 4.69) is 267 Å². The number of fused-ring (bicyclic) bond motifs is 3. The summed E-state index contributed by atoms with van der Waals surface area (Å²) >= 11 is 0. The van der Waals surface area contributed by atoms with Gasteiger partial charge in [-0.2, -0.15) is 0 Å². The van der Waals surface area contributed by atoms with E-state index in [0.29, 0.717) is 0 Å². The lowest BCUT2D eigenvalue weighted by Gasteiger charge is -2.53. The maximum absolute atomic E-state index is 2.80. The number of anilines is 8. The zero-order valence-corrected chi connectivity index (χ0v) is 45.0. The first-order chi connectivity index (χ1) is 34.9. The highest BCUT2D eigenvalue weighted by molar-refractivity contribution is 7.01. The van der Waals surface area contributed by atoms with E-state index in [1.165, 1.54) is 126 Å². The predicted octanol–water partition coefficient (Wildman–Crippen LogP) is 16.1. The van der Waals surface area contributed by atoms with Gasteiger partial charge in [0.25, 0.3) is 6.71 Å². The molecule has 4 heterocycles. The number of para-hydroxylation sites is 1. The van der Waals surface area contributed by atoms with E-state index in [0.717, 1.165) is 6.42 Å². The molecular weight excluding hydrogens is 882 g/mol. The molecule has 364 valence electrons. The van der Waals surface area contributed by atoms with Gasteiger partial charge in [-0.3, -0.25) is 0 Å². The lowest BCUT2D eigenvalue weighted by molar-refractivity contribution is 0.195. The molecule has 1 saturated carbocycles. The van der Waals surface area contributed by atoms with Crippen molar-refractivity contribution in [1.82, 2.24) is 0 Å². The fourth-order valence-corrected chi connectivity index (χ4v) is 14.5. The van der Waals surface area contributed by atoms with Gasteiger partial charge in [0, 0.05) is 50.9 Å². The summed E-state index contributed by atoms with van der Waals surface area (Å²) in [5.41, 5.74) is 24.1. The highest BCUT2D eigenvalue weighted by atomic mass is 15.3. The highest BCUT2D eigenvalue weighted by Crippen LogP contribution is 2.62. The van der Waals surface area contributed by atoms with Crippen molar-refractivity contribution >= 4 is 68.6 Å². The Morgan fingerprint density at radius 1 is 0.384 bits per heavy atom. The van der Waals surface area contributed by atoms with Gasteiger partial charge >= 0.3 is 0 Å². The molecule has 1 fully saturated rings. The van der Waals surface area contributed by atoms with Gasteiger partial charge in [0.2, 0.25) is 0 Å². The van der Waals surface area contributed by atoms with Crippen LogP contribution in [0.15, 0.2) is 176 Å². The molecule has 0 N–H and O–H groups in total. The Bertz CT molecular complexity index is 3450. The van der Waals surface area contributed by atoms with Crippen molar-refractivity contribution in [1.29, 1.82) is 0 Å². The second kappa shape index (κ2) is 15.6. The zero-order chi connectivity index (χ0) is 50.6. The molecular formula is C69H70BN3. The lowest BCUT2D eigenvalue weighted by Crippen LogP contribution is -2.68. The minimum absolute atomic E-state index is 0.00433. The number of nitrogens with zero attached hydrogens (tertiary/aromatic N) is 3. The molecule has 0 saturated heterocycles. The maximum atomic E-state index is 2.80. The van der Waals surface area contributed by atoms with Gasteiger partial charge in [0.05, 0.1) is 11.0 Å². The Hall–Kier alpha value is -6.78. The zero-order valence-electron chi connectivity index (χ0n) is 45.0. The molecule has 2 atom stereocenters. The summed E-state index contributed by atoms with van der Waals surface area (Å²) in [4.78, 5) is 8.18. The van der Waals surface area contributed by atoms with Crippen LogP contribution in [0.4, 0.5) is 45.5 Å². The third-order valence-corrected chi connectivity index (χ3v) is 18.5. The van der Waals surface area contributed by atoms with Crippen LogP contribution in [-0.2, 0) is 27.1 Å². The van der Waals surface area contributed by atoms with E-state index in [1.807, 2.05) is 0 Å². The third-order valence-electron chi connectivity index (χ3n) is 18.5. The van der Waals surface area contributed by atoms with Crippen molar-refractivity contribution in [2.24, 2.45) is 0 Å². The molecule has 0 radical (unpaired) electrons. The van der Waals surface area contributed by atoms with Gasteiger partial charge in [-0.25, -0.2) is 0 Å². The Kier molecular flexibility index (Phi) is 9.85. The molecule has 0 aromatic heterocycles. The maximum Gasteiger partial charge on any atom is 0.253 e. The molecule has 4 aliphatic heterocycles. The van der Waals surface area contributed by atoms with E-state index >= 15 is 0 Å². The minimum atomic E-state index is -0.610. The smallest absolute Gasteiger partial charge is 0.253 e. The van der Waals surface area contributed by atoms with Crippen LogP contribution in [0.2, 0.25) is 0 Å². The quantitative estimate of drug-likeness (QED) is 0.159. The summed E-state index contributed by atoms with van der Waals surface area (Å²) in [6.07, 6.45) is 4.79. The van der Waals surface area contributed by atoms with Gasteiger partial charge < -0.3 is 14.7 Å². The Balaban J connectivity index is 1.21. The summed E-state index contributed by atoms with van der Waals surface area (Å²) in [5, 5.41) is 0. The van der Waals surface area contributed by atoms with Crippen molar-refractivity contribution in [2.45, 2.75) is 134 Å². The van der Waals surface area contributed by atoms with Crippen molar-refractivity contribution in [3.8, 4) is 0 Å². The highest BCUT2D eigenvalue weighted by Gasteiger charge is 2.59. The molecule has 8 aromatic rings. The van der Waals surface area contributed by atoms with Crippen LogP contribution < -0.4 is 31.1 Å². The second-order valence-electron chi connectivity index (χ2n) is 25.7. The number of rotatable bonds is 5. The molecule has 13 rings (SSSR count). The molecule has 0 spiro atoms. The fraction of sp³-hybridized carbons (Fsp3) is 0.304. The summed E-state index contributed by atoms with van der Waals surface area (Å²) in [6.45, 7) is 26.3. The van der Waals surface area contributed by atoms with Crippen LogP contribution in [0.3, 0.4) is 0 Å². The van der Waals surface area contributed by atoms with Gasteiger partial charge in [-0.1, -0.05) is 203 Å². The molecule has 8 aromatic carbocycles. The van der Waals surface area contributed by atoms with E-state index in [-0.39, 0.29) is 33.9 Å². The van der Waals surface area contributed by atoms with E-state index in [4.69, 9.17) is 0 Å². The van der Waals surface area contributed by atoms with Gasteiger partial charge in [0.15, 0.2) is 0 Å². The normalized spacial score (nSPS) is 20.2. The Labute approximate surface area is 436 Å². The molecule has 0 amide bonds. The van der Waals surface area contributed by atoms with Crippen molar-refractivity contribution in [3.63, 3.8) is 0 Å². The first-order valence-corrected chi connectivity index (χ1v) is 27.2. The van der Waals surface area contributed by atoms with Crippen molar-refractivity contribution in [3.05, 3.63) is 220 Å². The molecule has 1 aliphatic carbocycles. The van der Waals surface area contributed by atoms with Crippen LogP contribution in [0.5, 0.6) is 0 Å². The fourth-order valence-electron chi connectivity index (χ4n) is 14.5. The predicted molar refractivity (Wildman–Crippen MR) is 311 cm³/mol. The van der Waals surface area contributed by atoms with Crippen LogP contribution in [-0.4, -0.2) is 12.3 Å². The van der Waals surface area contributed by atoms with Crippen LogP contribution in [0.1, 0.15) is 146 Å². The van der Waals surface area contributed by atoms with Gasteiger partial charge in [-0.15, -0.1) is 0 Å².